The van der Waals surface area contributed by atoms with E-state index in [1.807, 2.05) is 0 Å². The first kappa shape index (κ1) is 13.0. The van der Waals surface area contributed by atoms with Crippen LogP contribution in [0.3, 0.4) is 0 Å². The minimum atomic E-state index is -0.436. The molecule has 1 aliphatic heterocycles. The van der Waals surface area contributed by atoms with Gasteiger partial charge in [0.05, 0.1) is 5.75 Å². The fraction of sp³-hybridized carbons (Fsp3) is 0.300. The van der Waals surface area contributed by atoms with E-state index in [9.17, 15) is 14.4 Å². The molecule has 0 bridgehead atoms. The van der Waals surface area contributed by atoms with Crippen LogP contribution in [-0.2, 0) is 4.79 Å². The second kappa shape index (κ2) is 5.45. The zero-order valence-electron chi connectivity index (χ0n) is 9.14. The van der Waals surface area contributed by atoms with Gasteiger partial charge >= 0.3 is 0 Å². The van der Waals surface area contributed by atoms with Crippen molar-refractivity contribution in [1.29, 1.82) is 0 Å². The van der Waals surface area contributed by atoms with Crippen LogP contribution < -0.4 is 5.32 Å². The Kier molecular flexibility index (Phi) is 3.93. The maximum absolute atomic E-state index is 11.5. The summed E-state index contributed by atoms with van der Waals surface area (Å²) in [6.45, 7) is 0.333. The predicted molar refractivity (Wildman–Crippen MR) is 65.6 cm³/mol. The monoisotopic (exact) mass is 288 g/mol. The summed E-state index contributed by atoms with van der Waals surface area (Å²) >= 11 is 6.49. The molecule has 3 amide bonds. The summed E-state index contributed by atoms with van der Waals surface area (Å²) in [4.78, 5) is 35.2. The van der Waals surface area contributed by atoms with Crippen LogP contribution in [0.4, 0.5) is 4.79 Å². The molecule has 2 rings (SSSR count). The second-order valence-electron chi connectivity index (χ2n) is 3.46. The number of hydrogen-bond acceptors (Lipinski definition) is 5. The standard InChI is InChI=1S/C10H9ClN2O4S/c11-7-2-1-6(17-7)9(15)12-3-4-13-8(14)5-18-10(13)16/h1-2H,3-5H2,(H,12,15). The SMILES string of the molecule is O=C(NCCN1C(=O)CSC1=O)c1ccc(Cl)o1. The van der Waals surface area contributed by atoms with Crippen molar-refractivity contribution in [2.24, 2.45) is 0 Å². The van der Waals surface area contributed by atoms with Crippen LogP contribution in [-0.4, -0.2) is 40.8 Å². The van der Waals surface area contributed by atoms with Gasteiger partial charge in [0, 0.05) is 13.1 Å². The van der Waals surface area contributed by atoms with Crippen LogP contribution in [0, 0.1) is 0 Å². The average molecular weight is 289 g/mol. The molecule has 8 heteroatoms. The summed E-state index contributed by atoms with van der Waals surface area (Å²) < 4.78 is 4.91. The zero-order valence-corrected chi connectivity index (χ0v) is 10.7. The van der Waals surface area contributed by atoms with E-state index in [1.165, 1.54) is 12.1 Å². The van der Waals surface area contributed by atoms with Gasteiger partial charge in [0.25, 0.3) is 11.1 Å². The number of nitrogens with one attached hydrogen (secondary N) is 1. The summed E-state index contributed by atoms with van der Waals surface area (Å²) in [7, 11) is 0. The lowest BCUT2D eigenvalue weighted by Gasteiger charge is -2.12. The van der Waals surface area contributed by atoms with Gasteiger partial charge in [-0.1, -0.05) is 11.8 Å². The quantitative estimate of drug-likeness (QED) is 0.905. The largest absolute Gasteiger partial charge is 0.440 e. The van der Waals surface area contributed by atoms with Crippen molar-refractivity contribution >= 4 is 40.4 Å². The van der Waals surface area contributed by atoms with E-state index in [0.717, 1.165) is 16.7 Å². The van der Waals surface area contributed by atoms with E-state index in [-0.39, 0.29) is 41.0 Å². The molecule has 18 heavy (non-hydrogen) atoms. The van der Waals surface area contributed by atoms with Crippen molar-refractivity contribution in [2.75, 3.05) is 18.8 Å². The molecular formula is C10H9ClN2O4S. The summed E-state index contributed by atoms with van der Waals surface area (Å²) in [5.41, 5.74) is 0. The van der Waals surface area contributed by atoms with Gasteiger partial charge in [0.2, 0.25) is 5.91 Å². The molecule has 0 aromatic carbocycles. The number of thioether (sulfide) groups is 1. The van der Waals surface area contributed by atoms with Crippen molar-refractivity contribution in [3.05, 3.63) is 23.1 Å². The first-order chi connectivity index (χ1) is 8.58. The number of nitrogens with zero attached hydrogens (tertiary/aromatic N) is 1. The molecule has 0 aliphatic carbocycles. The van der Waals surface area contributed by atoms with Gasteiger partial charge in [-0.25, -0.2) is 0 Å². The highest BCUT2D eigenvalue weighted by Crippen LogP contribution is 2.17. The molecule has 1 aliphatic rings. The molecule has 1 saturated heterocycles. The normalized spacial score (nSPS) is 15.3. The maximum atomic E-state index is 11.5. The van der Waals surface area contributed by atoms with E-state index in [4.69, 9.17) is 16.0 Å². The molecule has 0 radical (unpaired) electrons. The van der Waals surface area contributed by atoms with Gasteiger partial charge < -0.3 is 9.73 Å². The van der Waals surface area contributed by atoms with Crippen LogP contribution in [0.15, 0.2) is 16.5 Å². The summed E-state index contributed by atoms with van der Waals surface area (Å²) in [5.74, 6) is -0.414. The maximum Gasteiger partial charge on any atom is 0.288 e. The number of hydrogen-bond donors (Lipinski definition) is 1. The van der Waals surface area contributed by atoms with Crippen LogP contribution in [0.25, 0.3) is 0 Å². The number of halogens is 1. The molecular weight excluding hydrogens is 280 g/mol. The van der Waals surface area contributed by atoms with Crippen molar-refractivity contribution in [2.45, 2.75) is 0 Å². The van der Waals surface area contributed by atoms with Crippen LogP contribution in [0.5, 0.6) is 0 Å². The molecule has 2 heterocycles. The highest BCUT2D eigenvalue weighted by molar-refractivity contribution is 8.14. The van der Waals surface area contributed by atoms with E-state index in [0.29, 0.717) is 0 Å². The van der Waals surface area contributed by atoms with Crippen molar-refractivity contribution in [3.63, 3.8) is 0 Å². The molecule has 0 atom stereocenters. The molecule has 96 valence electrons. The van der Waals surface area contributed by atoms with Crippen LogP contribution in [0.2, 0.25) is 5.22 Å². The lowest BCUT2D eigenvalue weighted by atomic mass is 10.4. The smallest absolute Gasteiger partial charge is 0.288 e. The van der Waals surface area contributed by atoms with E-state index in [2.05, 4.69) is 5.32 Å². The molecule has 6 nitrogen and oxygen atoms in total. The zero-order chi connectivity index (χ0) is 13.1. The Balaban J connectivity index is 1.80. The van der Waals surface area contributed by atoms with E-state index >= 15 is 0 Å². The molecule has 0 unspecified atom stereocenters. The number of carbonyl (C=O) groups excluding carboxylic acids is 3. The third-order valence-electron chi connectivity index (χ3n) is 2.26. The van der Waals surface area contributed by atoms with Gasteiger partial charge in [0.1, 0.15) is 0 Å². The van der Waals surface area contributed by atoms with Crippen molar-refractivity contribution in [1.82, 2.24) is 10.2 Å². The molecule has 0 saturated carbocycles. The molecule has 0 spiro atoms. The third-order valence-corrected chi connectivity index (χ3v) is 3.32. The highest BCUT2D eigenvalue weighted by atomic mass is 35.5. The Hall–Kier alpha value is -1.47. The molecule has 1 N–H and O–H groups in total. The minimum Gasteiger partial charge on any atom is -0.440 e. The van der Waals surface area contributed by atoms with Crippen molar-refractivity contribution < 1.29 is 18.8 Å². The van der Waals surface area contributed by atoms with Gasteiger partial charge in [-0.05, 0) is 23.7 Å². The number of imide groups is 1. The molecule has 1 aromatic rings. The first-order valence-electron chi connectivity index (χ1n) is 5.08. The summed E-state index contributed by atoms with van der Waals surface area (Å²) in [6, 6.07) is 2.90. The van der Waals surface area contributed by atoms with Crippen molar-refractivity contribution in [3.8, 4) is 0 Å². The molecule has 1 aromatic heterocycles. The van der Waals surface area contributed by atoms with Gasteiger partial charge in [-0.15, -0.1) is 0 Å². The van der Waals surface area contributed by atoms with E-state index in [1.54, 1.807) is 0 Å². The first-order valence-corrected chi connectivity index (χ1v) is 6.45. The van der Waals surface area contributed by atoms with E-state index < -0.39 is 5.91 Å². The fourth-order valence-corrected chi connectivity index (χ4v) is 2.30. The Morgan fingerprint density at radius 1 is 1.50 bits per heavy atom. The lowest BCUT2D eigenvalue weighted by Crippen LogP contribution is -2.37. The second-order valence-corrected chi connectivity index (χ2v) is 4.76. The highest BCUT2D eigenvalue weighted by Gasteiger charge is 2.29. The predicted octanol–water partition coefficient (Wildman–Crippen LogP) is 1.36. The number of amides is 3. The lowest BCUT2D eigenvalue weighted by molar-refractivity contribution is -0.124. The molecule has 1 fully saturated rings. The Morgan fingerprint density at radius 2 is 2.28 bits per heavy atom. The Labute approximate surface area is 112 Å². The fourth-order valence-electron chi connectivity index (χ4n) is 1.40. The number of furan rings is 1. The topological polar surface area (TPSA) is 79.6 Å². The number of rotatable bonds is 4. The van der Waals surface area contributed by atoms with Gasteiger partial charge in [0.15, 0.2) is 11.0 Å². The van der Waals surface area contributed by atoms with Gasteiger partial charge in [-0.2, -0.15) is 0 Å². The Morgan fingerprint density at radius 3 is 2.83 bits per heavy atom. The third kappa shape index (κ3) is 2.85. The summed E-state index contributed by atoms with van der Waals surface area (Å²) in [5, 5.41) is 2.38. The van der Waals surface area contributed by atoms with Gasteiger partial charge in [-0.3, -0.25) is 19.3 Å². The van der Waals surface area contributed by atoms with Crippen LogP contribution >= 0.6 is 23.4 Å². The minimum absolute atomic E-state index is 0.0912. The Bertz CT molecular complexity index is 486. The van der Waals surface area contributed by atoms with Crippen LogP contribution in [0.1, 0.15) is 10.6 Å². The average Bonchev–Trinajstić information content (AvgIpc) is 2.89. The summed E-state index contributed by atoms with van der Waals surface area (Å²) in [6.07, 6.45) is 0. The number of carbonyl (C=O) groups is 3.